The van der Waals surface area contributed by atoms with E-state index in [0.717, 1.165) is 25.3 Å². The van der Waals surface area contributed by atoms with E-state index in [1.807, 2.05) is 6.07 Å². The Bertz CT molecular complexity index is 1040. The van der Waals surface area contributed by atoms with Crippen LogP contribution < -0.4 is 9.64 Å². The van der Waals surface area contributed by atoms with Gasteiger partial charge in [0, 0.05) is 31.5 Å². The molecular formula is C22H19NO6. The molecule has 1 unspecified atom stereocenters. The molecule has 0 N–H and O–H groups in total. The lowest BCUT2D eigenvalue weighted by molar-refractivity contribution is -0.161. The zero-order valence-corrected chi connectivity index (χ0v) is 16.1. The highest BCUT2D eigenvalue weighted by Gasteiger charge is 2.58. The van der Waals surface area contributed by atoms with Crippen LogP contribution in [0.25, 0.3) is 0 Å². The molecule has 7 nitrogen and oxygen atoms in total. The summed E-state index contributed by atoms with van der Waals surface area (Å²) in [7, 11) is 0. The lowest BCUT2D eigenvalue weighted by Gasteiger charge is -2.43. The number of carbonyl (C=O) groups is 4. The second kappa shape index (κ2) is 6.84. The van der Waals surface area contributed by atoms with Gasteiger partial charge in [-0.25, -0.2) is 0 Å². The highest BCUT2D eigenvalue weighted by Crippen LogP contribution is 2.44. The number of hydrogen-bond acceptors (Lipinski definition) is 6. The van der Waals surface area contributed by atoms with E-state index in [1.54, 1.807) is 17.0 Å². The van der Waals surface area contributed by atoms with Crippen LogP contribution in [0, 0.1) is 0 Å². The minimum Gasteiger partial charge on any atom is -0.435 e. The van der Waals surface area contributed by atoms with E-state index in [9.17, 15) is 19.2 Å². The van der Waals surface area contributed by atoms with E-state index >= 15 is 0 Å². The Kier molecular flexibility index (Phi) is 4.45. The number of nitrogens with zero attached hydrogens (tertiary/aromatic N) is 1. The van der Waals surface area contributed by atoms with Crippen molar-refractivity contribution in [2.24, 2.45) is 0 Å². The minimum atomic E-state index is -2.11. The number of aryl methyl sites for hydroxylation is 1. The van der Waals surface area contributed by atoms with Gasteiger partial charge in [0.05, 0.1) is 5.69 Å². The molecule has 0 fully saturated rings. The van der Waals surface area contributed by atoms with Gasteiger partial charge in [0.2, 0.25) is 5.78 Å². The van der Waals surface area contributed by atoms with E-state index in [0.29, 0.717) is 17.8 Å². The van der Waals surface area contributed by atoms with Crippen molar-refractivity contribution >= 4 is 29.3 Å². The van der Waals surface area contributed by atoms with Gasteiger partial charge in [0.1, 0.15) is 5.75 Å². The third kappa shape index (κ3) is 2.90. The fraction of sp³-hybridized carbons (Fsp3) is 0.273. The number of para-hydroxylation sites is 1. The van der Waals surface area contributed by atoms with E-state index in [2.05, 4.69) is 0 Å². The zero-order chi connectivity index (χ0) is 20.8. The van der Waals surface area contributed by atoms with Gasteiger partial charge >= 0.3 is 11.9 Å². The van der Waals surface area contributed by atoms with Gasteiger partial charge < -0.3 is 14.4 Å². The van der Waals surface area contributed by atoms with E-state index in [-0.39, 0.29) is 11.3 Å². The molecule has 29 heavy (non-hydrogen) atoms. The summed E-state index contributed by atoms with van der Waals surface area (Å²) in [6, 6.07) is 11.2. The molecule has 0 aliphatic carbocycles. The summed E-state index contributed by atoms with van der Waals surface area (Å²) in [6.07, 6.45) is 1.52. The number of benzene rings is 2. The third-order valence-corrected chi connectivity index (χ3v) is 5.15. The van der Waals surface area contributed by atoms with Crippen molar-refractivity contribution in [2.75, 3.05) is 11.4 Å². The average molecular weight is 393 g/mol. The summed E-state index contributed by atoms with van der Waals surface area (Å²) in [5.74, 6) is -2.14. The summed E-state index contributed by atoms with van der Waals surface area (Å²) in [6.45, 7) is 2.87. The highest BCUT2D eigenvalue weighted by atomic mass is 16.6. The number of ketones is 1. The summed E-state index contributed by atoms with van der Waals surface area (Å²) in [5.41, 5.74) is -0.0127. The lowest BCUT2D eigenvalue weighted by Crippen LogP contribution is -2.59. The molecule has 0 radical (unpaired) electrons. The Labute approximate surface area is 167 Å². The van der Waals surface area contributed by atoms with Crippen LogP contribution in [0.2, 0.25) is 0 Å². The smallest absolute Gasteiger partial charge is 0.308 e. The second-order valence-corrected chi connectivity index (χ2v) is 7.10. The first-order valence-electron chi connectivity index (χ1n) is 9.32. The fourth-order valence-corrected chi connectivity index (χ4v) is 4.06. The fourth-order valence-electron chi connectivity index (χ4n) is 4.06. The van der Waals surface area contributed by atoms with Crippen molar-refractivity contribution < 1.29 is 28.7 Å². The summed E-state index contributed by atoms with van der Waals surface area (Å²) >= 11 is 0. The number of anilines is 1. The van der Waals surface area contributed by atoms with Gasteiger partial charge in [-0.3, -0.25) is 19.2 Å². The molecule has 0 saturated heterocycles. The van der Waals surface area contributed by atoms with E-state index in [4.69, 9.17) is 9.47 Å². The van der Waals surface area contributed by atoms with E-state index in [1.165, 1.54) is 31.2 Å². The number of Topliss-reactive ketones (excluding diaryl/α,β-unsaturated/α-hetero) is 1. The lowest BCUT2D eigenvalue weighted by atomic mass is 9.78. The van der Waals surface area contributed by atoms with Crippen molar-refractivity contribution in [3.8, 4) is 5.75 Å². The molecule has 2 aliphatic heterocycles. The van der Waals surface area contributed by atoms with Crippen LogP contribution >= 0.6 is 0 Å². The Hall–Kier alpha value is -3.48. The molecular weight excluding hydrogens is 374 g/mol. The van der Waals surface area contributed by atoms with Crippen LogP contribution in [-0.4, -0.2) is 30.2 Å². The molecule has 2 aromatic carbocycles. The standard InChI is InChI=1S/C22H19NO6/c1-13(24)28-17-10-8-16(9-11-17)22(29-14(2)25)20(26)18-7-3-5-15-6-4-12-23(19(15)18)21(22)27/h3,5,7-11H,4,6,12H2,1-2H3. The first-order valence-corrected chi connectivity index (χ1v) is 9.32. The van der Waals surface area contributed by atoms with Gasteiger partial charge in [-0.2, -0.15) is 0 Å². The van der Waals surface area contributed by atoms with Crippen LogP contribution in [0.5, 0.6) is 5.75 Å². The van der Waals surface area contributed by atoms with Crippen LogP contribution in [0.3, 0.4) is 0 Å². The topological polar surface area (TPSA) is 90.0 Å². The largest absolute Gasteiger partial charge is 0.435 e. The van der Waals surface area contributed by atoms with Gasteiger partial charge in [-0.15, -0.1) is 0 Å². The number of hydrogen-bond donors (Lipinski definition) is 0. The first-order chi connectivity index (χ1) is 13.8. The quantitative estimate of drug-likeness (QED) is 0.452. The highest BCUT2D eigenvalue weighted by molar-refractivity contribution is 6.28. The van der Waals surface area contributed by atoms with Gasteiger partial charge in [-0.1, -0.05) is 24.3 Å². The molecule has 7 heteroatoms. The monoisotopic (exact) mass is 393 g/mol. The van der Waals surface area contributed by atoms with Gasteiger partial charge in [0.15, 0.2) is 0 Å². The predicted octanol–water partition coefficient (Wildman–Crippen LogP) is 2.55. The van der Waals surface area contributed by atoms with Crippen molar-refractivity contribution in [3.05, 3.63) is 59.2 Å². The number of ether oxygens (including phenoxy) is 2. The van der Waals surface area contributed by atoms with Crippen molar-refractivity contribution in [1.29, 1.82) is 0 Å². The maximum absolute atomic E-state index is 13.6. The molecule has 4 rings (SSSR count). The van der Waals surface area contributed by atoms with Crippen LogP contribution in [0.1, 0.15) is 41.8 Å². The molecule has 148 valence electrons. The average Bonchev–Trinajstić information content (AvgIpc) is 2.69. The number of esters is 2. The van der Waals surface area contributed by atoms with Gasteiger partial charge in [-0.05, 0) is 36.6 Å². The maximum Gasteiger partial charge on any atom is 0.308 e. The van der Waals surface area contributed by atoms with Crippen LogP contribution in [0.4, 0.5) is 5.69 Å². The molecule has 0 spiro atoms. The van der Waals surface area contributed by atoms with Crippen molar-refractivity contribution in [1.82, 2.24) is 0 Å². The number of rotatable bonds is 3. The van der Waals surface area contributed by atoms with Crippen LogP contribution in [-0.2, 0) is 31.1 Å². The Morgan fingerprint density at radius 3 is 2.38 bits per heavy atom. The van der Waals surface area contributed by atoms with Gasteiger partial charge in [0.25, 0.3) is 11.5 Å². The summed E-state index contributed by atoms with van der Waals surface area (Å²) in [5, 5.41) is 0. The molecule has 0 bridgehead atoms. The molecule has 2 aliphatic rings. The number of carbonyl (C=O) groups excluding carboxylic acids is 4. The maximum atomic E-state index is 13.6. The summed E-state index contributed by atoms with van der Waals surface area (Å²) in [4.78, 5) is 51.8. The Morgan fingerprint density at radius 2 is 1.72 bits per heavy atom. The zero-order valence-electron chi connectivity index (χ0n) is 16.1. The SMILES string of the molecule is CC(=O)Oc1ccc(C2(OC(C)=O)C(=O)c3cccc4c3N(CCC4)C2=O)cc1. The molecule has 0 aromatic heterocycles. The molecule has 2 aromatic rings. The second-order valence-electron chi connectivity index (χ2n) is 7.10. The number of amides is 1. The van der Waals surface area contributed by atoms with Crippen LogP contribution in [0.15, 0.2) is 42.5 Å². The molecule has 2 heterocycles. The Morgan fingerprint density at radius 1 is 1.00 bits per heavy atom. The normalized spacial score (nSPS) is 20.1. The summed E-state index contributed by atoms with van der Waals surface area (Å²) < 4.78 is 10.5. The molecule has 1 amide bonds. The molecule has 1 atom stereocenters. The Balaban J connectivity index is 1.90. The van der Waals surface area contributed by atoms with Crippen molar-refractivity contribution in [3.63, 3.8) is 0 Å². The first kappa shape index (κ1) is 18.9. The van der Waals surface area contributed by atoms with Crippen molar-refractivity contribution in [2.45, 2.75) is 32.3 Å². The predicted molar refractivity (Wildman–Crippen MR) is 103 cm³/mol. The molecule has 0 saturated carbocycles. The third-order valence-electron chi connectivity index (χ3n) is 5.15. The van der Waals surface area contributed by atoms with E-state index < -0.39 is 29.2 Å². The minimum absolute atomic E-state index is 0.209.